The van der Waals surface area contributed by atoms with Crippen LogP contribution in [0.3, 0.4) is 0 Å². The molecule has 0 aliphatic heterocycles. The van der Waals surface area contributed by atoms with Gasteiger partial charge >= 0.3 is 5.95 Å². The number of nitrogens with zero attached hydrogens (tertiary/aromatic N) is 4. The molecule has 0 saturated carbocycles. The Morgan fingerprint density at radius 1 is 1.56 bits per heavy atom. The second kappa shape index (κ2) is 5.11. The third-order valence-corrected chi connectivity index (χ3v) is 2.52. The van der Waals surface area contributed by atoms with Crippen molar-refractivity contribution in [3.8, 4) is 0 Å². The van der Waals surface area contributed by atoms with Crippen LogP contribution in [0, 0.1) is 10.1 Å². The summed E-state index contributed by atoms with van der Waals surface area (Å²) in [5.74, 6) is -0.492. The van der Waals surface area contributed by atoms with E-state index in [0.717, 1.165) is 0 Å². The van der Waals surface area contributed by atoms with Crippen LogP contribution < -0.4 is 0 Å². The Morgan fingerprint density at radius 2 is 2.33 bits per heavy atom. The average molecular weight is 269 g/mol. The van der Waals surface area contributed by atoms with Crippen LogP contribution in [-0.4, -0.2) is 24.8 Å². The van der Waals surface area contributed by atoms with Crippen molar-refractivity contribution in [3.05, 3.63) is 51.3 Å². The Hall–Kier alpha value is -1.99. The first-order valence-corrected chi connectivity index (χ1v) is 5.41. The molecule has 94 valence electrons. The lowest BCUT2D eigenvalue weighted by Gasteiger charge is -2.09. The summed E-state index contributed by atoms with van der Waals surface area (Å²) in [4.78, 5) is 13.2. The second-order valence-electron chi connectivity index (χ2n) is 3.59. The van der Waals surface area contributed by atoms with Gasteiger partial charge < -0.3 is 15.2 Å². The van der Waals surface area contributed by atoms with Crippen molar-refractivity contribution in [2.24, 2.45) is 0 Å². The highest BCUT2D eigenvalue weighted by atomic mass is 35.5. The highest BCUT2D eigenvalue weighted by Gasteiger charge is 2.16. The van der Waals surface area contributed by atoms with Crippen LogP contribution in [0.4, 0.5) is 5.95 Å². The van der Waals surface area contributed by atoms with Crippen LogP contribution in [0.1, 0.15) is 11.7 Å². The Kier molecular flexibility index (Phi) is 3.54. The van der Waals surface area contributed by atoms with Crippen LogP contribution >= 0.6 is 11.6 Å². The maximum absolute atomic E-state index is 10.4. The molecule has 2 rings (SSSR count). The fourth-order valence-electron chi connectivity index (χ4n) is 1.45. The molecule has 8 heteroatoms. The second-order valence-corrected chi connectivity index (χ2v) is 4.03. The summed E-state index contributed by atoms with van der Waals surface area (Å²) in [6.45, 7) is 0.0706. The van der Waals surface area contributed by atoms with E-state index in [4.69, 9.17) is 11.6 Å². The summed E-state index contributed by atoms with van der Waals surface area (Å²) in [5.41, 5.74) is 0.612. The molecule has 0 radical (unpaired) electrons. The molecule has 1 atom stereocenters. The lowest BCUT2D eigenvalue weighted by molar-refractivity contribution is -0.394. The Balaban J connectivity index is 2.11. The van der Waals surface area contributed by atoms with Gasteiger partial charge in [0.05, 0.1) is 6.54 Å². The van der Waals surface area contributed by atoms with E-state index in [2.05, 4.69) is 10.1 Å². The molecule has 0 unspecified atom stereocenters. The van der Waals surface area contributed by atoms with Gasteiger partial charge in [0.25, 0.3) is 0 Å². The number of nitro groups is 1. The lowest BCUT2D eigenvalue weighted by Crippen LogP contribution is -2.09. The largest absolute Gasteiger partial charge is 0.490 e. The Morgan fingerprint density at radius 3 is 2.94 bits per heavy atom. The van der Waals surface area contributed by atoms with E-state index in [1.807, 2.05) is 0 Å². The number of benzene rings is 1. The SMILES string of the molecule is O=[N+]([O-])c1ncn(C[C@@H](O)c2cccc(Cl)c2)n1. The van der Waals surface area contributed by atoms with Crippen molar-refractivity contribution < 1.29 is 10.0 Å². The van der Waals surface area contributed by atoms with E-state index in [9.17, 15) is 15.2 Å². The summed E-state index contributed by atoms with van der Waals surface area (Å²) in [6.07, 6.45) is 0.344. The predicted octanol–water partition coefficient (Wildman–Crippen LogP) is 1.57. The van der Waals surface area contributed by atoms with Crippen LogP contribution in [-0.2, 0) is 6.54 Å². The van der Waals surface area contributed by atoms with Gasteiger partial charge in [-0.3, -0.25) is 0 Å². The summed E-state index contributed by atoms with van der Waals surface area (Å²) in [6, 6.07) is 6.74. The highest BCUT2D eigenvalue weighted by Crippen LogP contribution is 2.19. The summed E-state index contributed by atoms with van der Waals surface area (Å²) >= 11 is 5.80. The fourth-order valence-corrected chi connectivity index (χ4v) is 1.65. The van der Waals surface area contributed by atoms with Gasteiger partial charge in [0.15, 0.2) is 0 Å². The number of hydrogen-bond acceptors (Lipinski definition) is 5. The highest BCUT2D eigenvalue weighted by molar-refractivity contribution is 6.30. The first kappa shape index (κ1) is 12.5. The number of halogens is 1. The zero-order valence-corrected chi connectivity index (χ0v) is 9.86. The molecule has 1 aromatic carbocycles. The van der Waals surface area contributed by atoms with Gasteiger partial charge in [0.1, 0.15) is 6.10 Å². The summed E-state index contributed by atoms with van der Waals surface area (Å²) in [5, 5.41) is 24.5. The van der Waals surface area contributed by atoms with Gasteiger partial charge in [-0.25, -0.2) is 0 Å². The molecular weight excluding hydrogens is 260 g/mol. The number of aliphatic hydroxyl groups is 1. The first-order chi connectivity index (χ1) is 8.56. The van der Waals surface area contributed by atoms with Crippen LogP contribution in [0.5, 0.6) is 0 Å². The fraction of sp³-hybridized carbons (Fsp3) is 0.200. The van der Waals surface area contributed by atoms with Gasteiger partial charge in [0, 0.05) is 10.1 Å². The standard InChI is InChI=1S/C10H9ClN4O3/c11-8-3-1-2-7(4-8)9(16)5-14-6-12-10(13-14)15(17)18/h1-4,6,9,16H,5H2/t9-/m1/s1. The van der Waals surface area contributed by atoms with Crippen molar-refractivity contribution in [2.75, 3.05) is 0 Å². The molecule has 0 spiro atoms. The molecule has 1 aromatic heterocycles. The maximum Gasteiger partial charge on any atom is 0.490 e. The van der Waals surface area contributed by atoms with E-state index < -0.39 is 17.0 Å². The van der Waals surface area contributed by atoms with Gasteiger partial charge in [-0.1, -0.05) is 28.7 Å². The molecule has 0 amide bonds. The van der Waals surface area contributed by atoms with Gasteiger partial charge in [-0.2, -0.15) is 4.68 Å². The Bertz CT molecular complexity index is 572. The van der Waals surface area contributed by atoms with E-state index in [1.54, 1.807) is 24.3 Å². The topological polar surface area (TPSA) is 94.1 Å². The quantitative estimate of drug-likeness (QED) is 0.671. The average Bonchev–Trinajstić information content (AvgIpc) is 2.77. The van der Waals surface area contributed by atoms with E-state index >= 15 is 0 Å². The zero-order valence-electron chi connectivity index (χ0n) is 9.10. The number of aromatic nitrogens is 3. The van der Waals surface area contributed by atoms with Gasteiger partial charge in [0.2, 0.25) is 6.33 Å². The molecular formula is C10H9ClN4O3. The van der Waals surface area contributed by atoms with E-state index in [0.29, 0.717) is 10.6 Å². The minimum Gasteiger partial charge on any atom is -0.390 e. The maximum atomic E-state index is 10.4. The third-order valence-electron chi connectivity index (χ3n) is 2.28. The predicted molar refractivity (Wildman–Crippen MR) is 63.1 cm³/mol. The molecule has 7 nitrogen and oxygen atoms in total. The van der Waals surface area contributed by atoms with Crippen LogP contribution in [0.15, 0.2) is 30.6 Å². The van der Waals surface area contributed by atoms with Gasteiger partial charge in [-0.05, 0) is 22.6 Å². The molecule has 1 heterocycles. The van der Waals surface area contributed by atoms with Crippen molar-refractivity contribution in [1.29, 1.82) is 0 Å². The molecule has 0 bridgehead atoms. The minimum atomic E-state index is -0.856. The smallest absolute Gasteiger partial charge is 0.390 e. The summed E-state index contributed by atoms with van der Waals surface area (Å²) < 4.78 is 1.21. The monoisotopic (exact) mass is 268 g/mol. The number of aliphatic hydroxyl groups excluding tert-OH is 1. The Labute approximate surface area is 107 Å². The third kappa shape index (κ3) is 2.82. The van der Waals surface area contributed by atoms with Crippen LogP contribution in [0.2, 0.25) is 5.02 Å². The van der Waals surface area contributed by atoms with Crippen molar-refractivity contribution in [3.63, 3.8) is 0 Å². The van der Waals surface area contributed by atoms with Gasteiger partial charge in [-0.15, -0.1) is 0 Å². The van der Waals surface area contributed by atoms with Crippen molar-refractivity contribution in [2.45, 2.75) is 12.6 Å². The molecule has 0 saturated heterocycles. The number of rotatable bonds is 4. The first-order valence-electron chi connectivity index (χ1n) is 5.03. The normalized spacial score (nSPS) is 12.3. The molecule has 18 heavy (non-hydrogen) atoms. The molecule has 2 aromatic rings. The van der Waals surface area contributed by atoms with Crippen LogP contribution in [0.25, 0.3) is 0 Å². The van der Waals surface area contributed by atoms with Crippen molar-refractivity contribution in [1.82, 2.24) is 14.8 Å². The molecule has 0 aliphatic carbocycles. The zero-order chi connectivity index (χ0) is 13.1. The molecule has 0 fully saturated rings. The minimum absolute atomic E-state index is 0.0706. The van der Waals surface area contributed by atoms with Crippen molar-refractivity contribution >= 4 is 17.5 Å². The van der Waals surface area contributed by atoms with E-state index in [-0.39, 0.29) is 6.54 Å². The molecule has 0 aliphatic rings. The van der Waals surface area contributed by atoms with E-state index in [1.165, 1.54) is 11.0 Å². The number of hydrogen-bond donors (Lipinski definition) is 1. The summed E-state index contributed by atoms with van der Waals surface area (Å²) in [7, 11) is 0. The lowest BCUT2D eigenvalue weighted by atomic mass is 10.1. The molecule has 1 N–H and O–H groups in total.